The minimum absolute atomic E-state index is 0.308. The predicted molar refractivity (Wildman–Crippen MR) is 91.4 cm³/mol. The highest BCUT2D eigenvalue weighted by Crippen LogP contribution is 2.06. The molecule has 1 N–H and O–H groups in total. The highest BCUT2D eigenvalue weighted by Gasteiger charge is 1.95. The van der Waals surface area contributed by atoms with Crippen molar-refractivity contribution in [2.75, 3.05) is 0 Å². The van der Waals surface area contributed by atoms with Gasteiger partial charge in [0.25, 0.3) is 0 Å². The normalized spacial score (nSPS) is 11.8. The third-order valence-corrected chi connectivity index (χ3v) is 3.09. The molecule has 0 spiro atoms. The minimum Gasteiger partial charge on any atom is -0.481 e. The second-order valence-corrected chi connectivity index (χ2v) is 5.10. The van der Waals surface area contributed by atoms with E-state index in [1.54, 1.807) is 0 Å². The highest BCUT2D eigenvalue weighted by molar-refractivity contribution is 5.66. The molecule has 0 rings (SSSR count). The predicted octanol–water partition coefficient (Wildman–Crippen LogP) is 5.83. The van der Waals surface area contributed by atoms with E-state index in [0.29, 0.717) is 6.42 Å². The van der Waals surface area contributed by atoms with Crippen LogP contribution in [-0.4, -0.2) is 11.1 Å². The van der Waals surface area contributed by atoms with Gasteiger partial charge in [-0.05, 0) is 44.9 Å². The fraction of sp³-hybridized carbons (Fsp3) is 0.526. The topological polar surface area (TPSA) is 37.3 Å². The second kappa shape index (κ2) is 16.5. The third kappa shape index (κ3) is 18.4. The molecule has 0 saturated heterocycles. The molecule has 0 aromatic rings. The lowest BCUT2D eigenvalue weighted by molar-refractivity contribution is -0.137. The van der Waals surface area contributed by atoms with Gasteiger partial charge in [0.15, 0.2) is 0 Å². The Bertz CT molecular complexity index is 337. The van der Waals surface area contributed by atoms with E-state index < -0.39 is 5.97 Å². The lowest BCUT2D eigenvalue weighted by atomic mass is 10.1. The van der Waals surface area contributed by atoms with Crippen molar-refractivity contribution in [1.29, 1.82) is 0 Å². The fourth-order valence-corrected chi connectivity index (χ4v) is 1.88. The van der Waals surface area contributed by atoms with Gasteiger partial charge in [-0.25, -0.2) is 0 Å². The van der Waals surface area contributed by atoms with Crippen molar-refractivity contribution >= 4 is 5.97 Å². The molecule has 0 aliphatic carbocycles. The van der Waals surface area contributed by atoms with Gasteiger partial charge < -0.3 is 5.11 Å². The molecule has 0 bridgehead atoms. The number of rotatable bonds is 14. The quantitative estimate of drug-likeness (QED) is 0.323. The van der Waals surface area contributed by atoms with Gasteiger partial charge in [-0.3, -0.25) is 4.79 Å². The van der Waals surface area contributed by atoms with Crippen molar-refractivity contribution in [3.05, 3.63) is 49.1 Å². The van der Waals surface area contributed by atoms with E-state index >= 15 is 0 Å². The molecule has 2 nitrogen and oxygen atoms in total. The van der Waals surface area contributed by atoms with Crippen LogP contribution in [0.3, 0.4) is 0 Å². The van der Waals surface area contributed by atoms with E-state index in [1.165, 1.54) is 0 Å². The summed E-state index contributed by atoms with van der Waals surface area (Å²) >= 11 is 0. The average molecular weight is 290 g/mol. The van der Waals surface area contributed by atoms with Crippen molar-refractivity contribution in [2.24, 2.45) is 0 Å². The summed E-state index contributed by atoms with van der Waals surface area (Å²) in [5, 5.41) is 8.50. The van der Waals surface area contributed by atoms with Gasteiger partial charge in [-0.2, -0.15) is 0 Å². The molecule has 0 aromatic heterocycles. The number of carbonyl (C=O) groups is 1. The van der Waals surface area contributed by atoms with Crippen molar-refractivity contribution in [3.8, 4) is 0 Å². The standard InChI is InChI=1S/C19H30O2/c1-2-3-4-5-6-7-8-9-10-11-12-13-14-15-16-17-18-19(20)21/h2,5-6,8-9,11-12H,1,3-4,7,10,13-18H2,(H,20,21). The molecule has 0 aliphatic rings. The first-order valence-electron chi connectivity index (χ1n) is 8.05. The van der Waals surface area contributed by atoms with Crippen LogP contribution in [0.1, 0.15) is 64.2 Å². The Morgan fingerprint density at radius 2 is 1.33 bits per heavy atom. The monoisotopic (exact) mass is 290 g/mol. The molecule has 2 heteroatoms. The molecule has 118 valence electrons. The number of hydrogen-bond donors (Lipinski definition) is 1. The van der Waals surface area contributed by atoms with Gasteiger partial charge in [0.05, 0.1) is 0 Å². The molecule has 0 radical (unpaired) electrons. The largest absolute Gasteiger partial charge is 0.481 e. The smallest absolute Gasteiger partial charge is 0.303 e. The lowest BCUT2D eigenvalue weighted by Gasteiger charge is -1.96. The third-order valence-electron chi connectivity index (χ3n) is 3.09. The van der Waals surface area contributed by atoms with Gasteiger partial charge >= 0.3 is 5.97 Å². The van der Waals surface area contributed by atoms with Crippen LogP contribution in [0.25, 0.3) is 0 Å². The summed E-state index contributed by atoms with van der Waals surface area (Å²) in [5.41, 5.74) is 0. The van der Waals surface area contributed by atoms with Crippen LogP contribution in [0.4, 0.5) is 0 Å². The molecule has 0 amide bonds. The van der Waals surface area contributed by atoms with Gasteiger partial charge in [0.2, 0.25) is 0 Å². The zero-order valence-corrected chi connectivity index (χ0v) is 13.2. The summed E-state index contributed by atoms with van der Waals surface area (Å²) in [5.74, 6) is -0.683. The minimum atomic E-state index is -0.683. The van der Waals surface area contributed by atoms with Crippen LogP contribution in [0.15, 0.2) is 49.1 Å². The van der Waals surface area contributed by atoms with E-state index in [2.05, 4.69) is 43.0 Å². The van der Waals surface area contributed by atoms with Crippen molar-refractivity contribution in [1.82, 2.24) is 0 Å². The molecule has 0 saturated carbocycles. The van der Waals surface area contributed by atoms with Crippen LogP contribution in [-0.2, 0) is 4.79 Å². The van der Waals surface area contributed by atoms with Crippen LogP contribution in [0.2, 0.25) is 0 Å². The molecule has 0 aliphatic heterocycles. The fourth-order valence-electron chi connectivity index (χ4n) is 1.88. The average Bonchev–Trinajstić information content (AvgIpc) is 2.46. The molecule has 0 heterocycles. The SMILES string of the molecule is C=CCCC=CCC=CCC=CCCCCCCC(=O)O. The first kappa shape index (κ1) is 19.4. The molecular formula is C19H30O2. The maximum atomic E-state index is 10.3. The van der Waals surface area contributed by atoms with Crippen molar-refractivity contribution in [2.45, 2.75) is 64.2 Å². The summed E-state index contributed by atoms with van der Waals surface area (Å²) in [6.07, 6.45) is 24.8. The maximum absolute atomic E-state index is 10.3. The molecular weight excluding hydrogens is 260 g/mol. The summed E-state index contributed by atoms with van der Waals surface area (Å²) in [6, 6.07) is 0. The molecule has 0 fully saturated rings. The zero-order chi connectivity index (χ0) is 15.6. The van der Waals surface area contributed by atoms with Gasteiger partial charge in [-0.15, -0.1) is 6.58 Å². The Hall–Kier alpha value is -1.57. The van der Waals surface area contributed by atoms with Crippen LogP contribution in [0.5, 0.6) is 0 Å². The lowest BCUT2D eigenvalue weighted by Crippen LogP contribution is -1.93. The Balaban J connectivity index is 3.30. The number of allylic oxidation sites excluding steroid dienone is 7. The maximum Gasteiger partial charge on any atom is 0.303 e. The van der Waals surface area contributed by atoms with Gasteiger partial charge in [0.1, 0.15) is 0 Å². The Labute approximate surface area is 130 Å². The molecule has 0 atom stereocenters. The first-order valence-corrected chi connectivity index (χ1v) is 8.05. The van der Waals surface area contributed by atoms with Crippen LogP contribution in [0, 0.1) is 0 Å². The van der Waals surface area contributed by atoms with Crippen molar-refractivity contribution < 1.29 is 9.90 Å². The molecule has 21 heavy (non-hydrogen) atoms. The molecule has 0 unspecified atom stereocenters. The number of hydrogen-bond acceptors (Lipinski definition) is 1. The zero-order valence-electron chi connectivity index (χ0n) is 13.2. The summed E-state index contributed by atoms with van der Waals surface area (Å²) < 4.78 is 0. The highest BCUT2D eigenvalue weighted by atomic mass is 16.4. The van der Waals surface area contributed by atoms with E-state index in [9.17, 15) is 4.79 Å². The number of aliphatic carboxylic acids is 1. The van der Waals surface area contributed by atoms with E-state index in [-0.39, 0.29) is 0 Å². The Kier molecular flexibility index (Phi) is 15.3. The number of carboxylic acids is 1. The van der Waals surface area contributed by atoms with Crippen LogP contribution >= 0.6 is 0 Å². The first-order chi connectivity index (χ1) is 10.3. The summed E-state index contributed by atoms with van der Waals surface area (Å²) in [6.45, 7) is 3.69. The van der Waals surface area contributed by atoms with Gasteiger partial charge in [0, 0.05) is 6.42 Å². The van der Waals surface area contributed by atoms with Crippen LogP contribution < -0.4 is 0 Å². The van der Waals surface area contributed by atoms with E-state index in [1.807, 2.05) is 6.08 Å². The number of unbranched alkanes of at least 4 members (excludes halogenated alkanes) is 5. The Morgan fingerprint density at radius 1 is 0.762 bits per heavy atom. The van der Waals surface area contributed by atoms with E-state index in [4.69, 9.17) is 5.11 Å². The molecule has 0 aromatic carbocycles. The Morgan fingerprint density at radius 3 is 1.95 bits per heavy atom. The van der Waals surface area contributed by atoms with Gasteiger partial charge in [-0.1, -0.05) is 55.4 Å². The van der Waals surface area contributed by atoms with Crippen molar-refractivity contribution in [3.63, 3.8) is 0 Å². The summed E-state index contributed by atoms with van der Waals surface area (Å²) in [7, 11) is 0. The van der Waals surface area contributed by atoms with E-state index in [0.717, 1.165) is 57.8 Å². The number of carboxylic acid groups (broad SMARTS) is 1. The summed E-state index contributed by atoms with van der Waals surface area (Å²) in [4.78, 5) is 10.3. The second-order valence-electron chi connectivity index (χ2n) is 5.10.